The van der Waals surface area contributed by atoms with Crippen molar-refractivity contribution < 1.29 is 13.2 Å². The van der Waals surface area contributed by atoms with Crippen LogP contribution in [0.3, 0.4) is 0 Å². The largest absolute Gasteiger partial charge is 0.467 e. The molecule has 0 bridgehead atoms. The zero-order chi connectivity index (χ0) is 18.2. The summed E-state index contributed by atoms with van der Waals surface area (Å²) in [4.78, 5) is 8.90. The zero-order valence-corrected chi connectivity index (χ0v) is 14.5. The molecule has 0 radical (unpaired) electrons. The normalized spacial score (nSPS) is 11.5. The van der Waals surface area contributed by atoms with Gasteiger partial charge in [0.25, 0.3) is 0 Å². The minimum atomic E-state index is -0.283. The Morgan fingerprint density at radius 1 is 1.15 bits per heavy atom. The Morgan fingerprint density at radius 2 is 2.00 bits per heavy atom. The number of aliphatic imine (C=N–C) groups is 1. The minimum Gasteiger partial charge on any atom is -0.467 e. The van der Waals surface area contributed by atoms with Gasteiger partial charge in [-0.3, -0.25) is 0 Å². The number of oxazole rings is 1. The third-order valence-corrected chi connectivity index (χ3v) is 3.63. The van der Waals surface area contributed by atoms with Gasteiger partial charge in [-0.15, -0.1) is 0 Å². The summed E-state index contributed by atoms with van der Waals surface area (Å²) in [5, 5.41) is 6.44. The maximum absolute atomic E-state index is 13.0. The Kier molecular flexibility index (Phi) is 6.03. The van der Waals surface area contributed by atoms with Gasteiger partial charge in [0.2, 0.25) is 5.89 Å². The number of rotatable bonds is 7. The molecule has 0 aliphatic carbocycles. The second kappa shape index (κ2) is 8.84. The van der Waals surface area contributed by atoms with E-state index >= 15 is 0 Å². The van der Waals surface area contributed by atoms with Crippen LogP contribution in [0.5, 0.6) is 0 Å². The van der Waals surface area contributed by atoms with Crippen molar-refractivity contribution in [2.45, 2.75) is 19.9 Å². The summed E-state index contributed by atoms with van der Waals surface area (Å²) in [5.74, 6) is 1.72. The molecule has 0 atom stereocenters. The SMILES string of the molecule is CCNC(=NCc1ccco1)NCCc1coc(-c2ccc(F)cc2)n1. The number of benzene rings is 1. The molecule has 2 N–H and O–H groups in total. The van der Waals surface area contributed by atoms with Crippen molar-refractivity contribution in [1.29, 1.82) is 0 Å². The first-order valence-corrected chi connectivity index (χ1v) is 8.49. The molecule has 26 heavy (non-hydrogen) atoms. The molecule has 6 nitrogen and oxygen atoms in total. The molecule has 0 fully saturated rings. The molecular formula is C19H21FN4O2. The Hall–Kier alpha value is -3.09. The monoisotopic (exact) mass is 356 g/mol. The first-order valence-electron chi connectivity index (χ1n) is 8.49. The van der Waals surface area contributed by atoms with Crippen LogP contribution < -0.4 is 10.6 Å². The zero-order valence-electron chi connectivity index (χ0n) is 14.5. The lowest BCUT2D eigenvalue weighted by Gasteiger charge is -2.10. The van der Waals surface area contributed by atoms with E-state index in [0.717, 1.165) is 23.6 Å². The summed E-state index contributed by atoms with van der Waals surface area (Å²) in [6, 6.07) is 9.80. The molecule has 0 aliphatic rings. The van der Waals surface area contributed by atoms with E-state index in [0.29, 0.717) is 31.4 Å². The molecule has 0 saturated carbocycles. The van der Waals surface area contributed by atoms with E-state index in [1.165, 1.54) is 12.1 Å². The fourth-order valence-electron chi connectivity index (χ4n) is 2.36. The molecule has 0 saturated heterocycles. The van der Waals surface area contributed by atoms with Crippen molar-refractivity contribution in [1.82, 2.24) is 15.6 Å². The predicted octanol–water partition coefficient (Wildman–Crippen LogP) is 3.37. The van der Waals surface area contributed by atoms with E-state index in [-0.39, 0.29) is 5.82 Å². The summed E-state index contributed by atoms with van der Waals surface area (Å²) in [5.41, 5.74) is 1.57. The van der Waals surface area contributed by atoms with Crippen molar-refractivity contribution in [3.63, 3.8) is 0 Å². The standard InChI is InChI=1S/C19H21FN4O2/c1-2-21-19(23-12-17-4-3-11-25-17)22-10-9-16-13-26-18(24-16)14-5-7-15(20)8-6-14/h3-8,11,13H,2,9-10,12H2,1H3,(H2,21,22,23). The van der Waals surface area contributed by atoms with Gasteiger partial charge in [-0.25, -0.2) is 14.4 Å². The highest BCUT2D eigenvalue weighted by Gasteiger charge is 2.07. The third kappa shape index (κ3) is 4.95. The van der Waals surface area contributed by atoms with Crippen LogP contribution in [0, 0.1) is 5.82 Å². The van der Waals surface area contributed by atoms with Gasteiger partial charge in [-0.1, -0.05) is 0 Å². The molecule has 3 aromatic rings. The topological polar surface area (TPSA) is 75.6 Å². The Morgan fingerprint density at radius 3 is 2.73 bits per heavy atom. The number of hydrogen-bond donors (Lipinski definition) is 2. The number of hydrogen-bond acceptors (Lipinski definition) is 4. The first kappa shape index (κ1) is 17.7. The fourth-order valence-corrected chi connectivity index (χ4v) is 2.36. The van der Waals surface area contributed by atoms with Crippen LogP contribution in [-0.2, 0) is 13.0 Å². The maximum atomic E-state index is 13.0. The van der Waals surface area contributed by atoms with Gasteiger partial charge in [0.1, 0.15) is 24.4 Å². The van der Waals surface area contributed by atoms with E-state index in [4.69, 9.17) is 8.83 Å². The molecule has 1 aromatic carbocycles. The van der Waals surface area contributed by atoms with Gasteiger partial charge in [0, 0.05) is 25.1 Å². The van der Waals surface area contributed by atoms with E-state index in [2.05, 4.69) is 20.6 Å². The van der Waals surface area contributed by atoms with Gasteiger partial charge >= 0.3 is 0 Å². The maximum Gasteiger partial charge on any atom is 0.226 e. The van der Waals surface area contributed by atoms with Crippen LogP contribution in [0.15, 0.2) is 62.8 Å². The van der Waals surface area contributed by atoms with Crippen molar-refractivity contribution in [3.8, 4) is 11.5 Å². The van der Waals surface area contributed by atoms with Crippen LogP contribution >= 0.6 is 0 Å². The number of aromatic nitrogens is 1. The van der Waals surface area contributed by atoms with Crippen molar-refractivity contribution >= 4 is 5.96 Å². The lowest BCUT2D eigenvalue weighted by Crippen LogP contribution is -2.38. The number of halogens is 1. The summed E-state index contributed by atoms with van der Waals surface area (Å²) in [7, 11) is 0. The highest BCUT2D eigenvalue weighted by atomic mass is 19.1. The van der Waals surface area contributed by atoms with Gasteiger partial charge in [0.15, 0.2) is 5.96 Å². The quantitative estimate of drug-likeness (QED) is 0.501. The molecular weight excluding hydrogens is 335 g/mol. The van der Waals surface area contributed by atoms with Crippen molar-refractivity contribution in [2.75, 3.05) is 13.1 Å². The lowest BCUT2D eigenvalue weighted by molar-refractivity contribution is 0.512. The second-order valence-corrected chi connectivity index (χ2v) is 5.60. The summed E-state index contributed by atoms with van der Waals surface area (Å²) < 4.78 is 23.7. The van der Waals surface area contributed by atoms with Crippen LogP contribution in [0.4, 0.5) is 4.39 Å². The van der Waals surface area contributed by atoms with Crippen molar-refractivity contribution in [2.24, 2.45) is 4.99 Å². The fraction of sp³-hybridized carbons (Fsp3) is 0.263. The smallest absolute Gasteiger partial charge is 0.226 e. The van der Waals surface area contributed by atoms with E-state index in [1.54, 1.807) is 24.7 Å². The molecule has 2 heterocycles. The summed E-state index contributed by atoms with van der Waals surface area (Å²) in [6.07, 6.45) is 3.93. The molecule has 3 rings (SSSR count). The average molecular weight is 356 g/mol. The highest BCUT2D eigenvalue weighted by molar-refractivity contribution is 5.79. The Bertz CT molecular complexity index is 826. The predicted molar refractivity (Wildman–Crippen MR) is 97.1 cm³/mol. The van der Waals surface area contributed by atoms with E-state index in [9.17, 15) is 4.39 Å². The number of guanidine groups is 1. The van der Waals surface area contributed by atoms with Gasteiger partial charge < -0.3 is 19.5 Å². The minimum absolute atomic E-state index is 0.283. The van der Waals surface area contributed by atoms with Crippen molar-refractivity contribution in [3.05, 3.63) is 66.2 Å². The Balaban J connectivity index is 1.53. The van der Waals surface area contributed by atoms with Crippen LogP contribution in [0.1, 0.15) is 18.4 Å². The molecule has 0 amide bonds. The van der Waals surface area contributed by atoms with E-state index < -0.39 is 0 Å². The molecule has 0 aliphatic heterocycles. The summed E-state index contributed by atoms with van der Waals surface area (Å²) in [6.45, 7) is 3.90. The molecule has 0 spiro atoms. The van der Waals surface area contributed by atoms with Gasteiger partial charge in [0.05, 0.1) is 12.0 Å². The lowest BCUT2D eigenvalue weighted by atomic mass is 10.2. The molecule has 0 unspecified atom stereocenters. The average Bonchev–Trinajstić information content (AvgIpc) is 3.32. The second-order valence-electron chi connectivity index (χ2n) is 5.60. The molecule has 7 heteroatoms. The first-order chi connectivity index (χ1) is 12.7. The number of nitrogens with zero attached hydrogens (tertiary/aromatic N) is 2. The molecule has 2 aromatic heterocycles. The third-order valence-electron chi connectivity index (χ3n) is 3.63. The van der Waals surface area contributed by atoms with Gasteiger partial charge in [-0.05, 0) is 43.3 Å². The number of furan rings is 1. The summed E-state index contributed by atoms with van der Waals surface area (Å²) >= 11 is 0. The van der Waals surface area contributed by atoms with Gasteiger partial charge in [-0.2, -0.15) is 0 Å². The highest BCUT2D eigenvalue weighted by Crippen LogP contribution is 2.18. The molecule has 136 valence electrons. The van der Waals surface area contributed by atoms with Crippen LogP contribution in [0.2, 0.25) is 0 Å². The number of nitrogens with one attached hydrogen (secondary N) is 2. The Labute approximate surface area is 151 Å². The van der Waals surface area contributed by atoms with E-state index in [1.807, 2.05) is 19.1 Å². The van der Waals surface area contributed by atoms with Crippen LogP contribution in [0.25, 0.3) is 11.5 Å². The van der Waals surface area contributed by atoms with Crippen LogP contribution in [-0.4, -0.2) is 24.0 Å².